The molecule has 3 rings (SSSR count). The van der Waals surface area contributed by atoms with Crippen LogP contribution in [-0.4, -0.2) is 50.9 Å². The van der Waals surface area contributed by atoms with Crippen LogP contribution in [0.4, 0.5) is 5.69 Å². The molecule has 0 spiro atoms. The molecule has 1 aliphatic rings. The smallest absolute Gasteiger partial charge is 0.258 e. The Kier molecular flexibility index (Phi) is 5.53. The molecule has 2 heterocycles. The fraction of sp³-hybridized carbons (Fsp3) is 0.500. The van der Waals surface area contributed by atoms with Crippen LogP contribution < -0.4 is 0 Å². The van der Waals surface area contributed by atoms with Crippen LogP contribution in [0.1, 0.15) is 25.7 Å². The Hall–Kier alpha value is -2.05. The molecule has 0 aliphatic carbocycles. The second-order valence-corrected chi connectivity index (χ2v) is 8.84. The number of sulfonamides is 1. The first kappa shape index (κ1) is 18.7. The van der Waals surface area contributed by atoms with E-state index in [1.54, 1.807) is 7.05 Å². The molecule has 1 aromatic heterocycles. The Bertz CT molecular complexity index is 906. The molecule has 26 heavy (non-hydrogen) atoms. The van der Waals surface area contributed by atoms with Gasteiger partial charge in [0, 0.05) is 26.2 Å². The minimum atomic E-state index is -3.75. The van der Waals surface area contributed by atoms with Gasteiger partial charge in [-0.25, -0.2) is 13.1 Å². The van der Waals surface area contributed by atoms with E-state index in [4.69, 9.17) is 0 Å². The van der Waals surface area contributed by atoms with Crippen molar-refractivity contribution in [2.24, 2.45) is 7.05 Å². The topological polar surface area (TPSA) is 124 Å². The first-order valence-corrected chi connectivity index (χ1v) is 10.3. The van der Waals surface area contributed by atoms with E-state index in [9.17, 15) is 18.5 Å². The molecular formula is C14H18N6O4S2. The summed E-state index contributed by atoms with van der Waals surface area (Å²) in [6.45, 7) is 0.883. The molecule has 0 atom stereocenters. The third-order valence-electron chi connectivity index (χ3n) is 4.11. The average molecular weight is 398 g/mol. The first-order chi connectivity index (χ1) is 12.4. The third-order valence-corrected chi connectivity index (χ3v) is 7.10. The largest absolute Gasteiger partial charge is 0.284 e. The molecule has 140 valence electrons. The van der Waals surface area contributed by atoms with Crippen molar-refractivity contribution in [1.82, 2.24) is 24.5 Å². The number of nitro benzene ring substituents is 1. The first-order valence-electron chi connectivity index (χ1n) is 8.08. The highest BCUT2D eigenvalue weighted by Crippen LogP contribution is 2.35. The maximum Gasteiger partial charge on any atom is 0.284 e. The van der Waals surface area contributed by atoms with E-state index >= 15 is 0 Å². The monoisotopic (exact) mass is 398 g/mol. The van der Waals surface area contributed by atoms with Gasteiger partial charge in [0.25, 0.3) is 5.69 Å². The van der Waals surface area contributed by atoms with Crippen LogP contribution >= 0.6 is 11.8 Å². The summed E-state index contributed by atoms with van der Waals surface area (Å²) in [6, 6.07) is 3.95. The second kappa shape index (κ2) is 7.68. The van der Waals surface area contributed by atoms with Crippen molar-refractivity contribution in [1.29, 1.82) is 0 Å². The highest BCUT2D eigenvalue weighted by molar-refractivity contribution is 7.99. The van der Waals surface area contributed by atoms with Gasteiger partial charge < -0.3 is 0 Å². The molecule has 12 heteroatoms. The number of tetrazole rings is 1. The standard InChI is InChI=1S/C14H18N6O4S2/c1-18-14(15-16-17-18)25-13-7-6-11(10-12(13)20(21)22)26(23,24)19-8-4-2-3-5-9-19/h6-7,10H,2-5,8-9H2,1H3. The molecule has 0 saturated carbocycles. The quantitative estimate of drug-likeness (QED) is 0.552. The van der Waals surface area contributed by atoms with Gasteiger partial charge in [-0.05, 0) is 47.2 Å². The Morgan fingerprint density at radius 1 is 1.19 bits per heavy atom. The summed E-state index contributed by atoms with van der Waals surface area (Å²) < 4.78 is 28.5. The van der Waals surface area contributed by atoms with E-state index in [0.29, 0.717) is 18.2 Å². The number of hydrogen-bond acceptors (Lipinski definition) is 8. The van der Waals surface area contributed by atoms with E-state index in [-0.39, 0.29) is 15.5 Å². The lowest BCUT2D eigenvalue weighted by atomic mass is 10.2. The van der Waals surface area contributed by atoms with Crippen molar-refractivity contribution < 1.29 is 13.3 Å². The summed E-state index contributed by atoms with van der Waals surface area (Å²) in [7, 11) is -2.14. The summed E-state index contributed by atoms with van der Waals surface area (Å²) in [5, 5.41) is 22.8. The van der Waals surface area contributed by atoms with Crippen molar-refractivity contribution in [2.75, 3.05) is 13.1 Å². The molecule has 0 bridgehead atoms. The maximum atomic E-state index is 12.9. The van der Waals surface area contributed by atoms with Gasteiger partial charge in [-0.1, -0.05) is 12.8 Å². The highest BCUT2D eigenvalue weighted by atomic mass is 32.2. The third kappa shape index (κ3) is 3.86. The van der Waals surface area contributed by atoms with Crippen molar-refractivity contribution in [3.8, 4) is 0 Å². The van der Waals surface area contributed by atoms with Gasteiger partial charge in [-0.15, -0.1) is 5.10 Å². The van der Waals surface area contributed by atoms with Gasteiger partial charge in [-0.2, -0.15) is 4.31 Å². The number of aryl methyl sites for hydroxylation is 1. The van der Waals surface area contributed by atoms with Crippen LogP contribution in [0.25, 0.3) is 0 Å². The molecular weight excluding hydrogens is 380 g/mol. The molecule has 2 aromatic rings. The van der Waals surface area contributed by atoms with Gasteiger partial charge in [0.1, 0.15) is 0 Å². The molecule has 0 unspecified atom stereocenters. The predicted molar refractivity (Wildman–Crippen MR) is 93.2 cm³/mol. The molecule has 0 radical (unpaired) electrons. The van der Waals surface area contributed by atoms with E-state index < -0.39 is 14.9 Å². The molecule has 0 amide bonds. The normalized spacial score (nSPS) is 16.3. The Morgan fingerprint density at radius 3 is 2.46 bits per heavy atom. The number of aromatic nitrogens is 4. The van der Waals surface area contributed by atoms with Crippen LogP contribution in [0.2, 0.25) is 0 Å². The van der Waals surface area contributed by atoms with Gasteiger partial charge in [0.05, 0.1) is 14.7 Å². The fourth-order valence-electron chi connectivity index (χ4n) is 2.72. The van der Waals surface area contributed by atoms with E-state index in [0.717, 1.165) is 43.5 Å². The zero-order valence-electron chi connectivity index (χ0n) is 14.1. The average Bonchev–Trinajstić information content (AvgIpc) is 2.86. The number of nitro groups is 1. The van der Waals surface area contributed by atoms with Crippen LogP contribution in [0, 0.1) is 10.1 Å². The molecule has 1 aromatic carbocycles. The minimum Gasteiger partial charge on any atom is -0.258 e. The summed E-state index contributed by atoms with van der Waals surface area (Å²) in [5.74, 6) is 0. The van der Waals surface area contributed by atoms with Gasteiger partial charge in [-0.3, -0.25) is 10.1 Å². The predicted octanol–water partition coefficient (Wildman–Crippen LogP) is 1.83. The number of benzene rings is 1. The number of hydrogen-bond donors (Lipinski definition) is 0. The van der Waals surface area contributed by atoms with Crippen LogP contribution in [0.5, 0.6) is 0 Å². The van der Waals surface area contributed by atoms with E-state index in [1.165, 1.54) is 21.1 Å². The molecule has 10 nitrogen and oxygen atoms in total. The Labute approximate surface area is 154 Å². The highest BCUT2D eigenvalue weighted by Gasteiger charge is 2.28. The zero-order valence-corrected chi connectivity index (χ0v) is 15.7. The Balaban J connectivity index is 1.95. The molecule has 0 N–H and O–H groups in total. The lowest BCUT2D eigenvalue weighted by Crippen LogP contribution is -2.31. The summed E-state index contributed by atoms with van der Waals surface area (Å²) >= 11 is 1.01. The maximum absolute atomic E-state index is 12.9. The van der Waals surface area contributed by atoms with E-state index in [2.05, 4.69) is 15.5 Å². The fourth-order valence-corrected chi connectivity index (χ4v) is 5.08. The lowest BCUT2D eigenvalue weighted by molar-refractivity contribution is -0.388. The number of nitrogens with zero attached hydrogens (tertiary/aromatic N) is 6. The van der Waals surface area contributed by atoms with E-state index in [1.807, 2.05) is 0 Å². The summed E-state index contributed by atoms with van der Waals surface area (Å²) in [6.07, 6.45) is 3.59. The Morgan fingerprint density at radius 2 is 1.88 bits per heavy atom. The molecule has 1 aliphatic heterocycles. The van der Waals surface area contributed by atoms with Crippen molar-refractivity contribution >= 4 is 27.5 Å². The lowest BCUT2D eigenvalue weighted by Gasteiger charge is -2.20. The van der Waals surface area contributed by atoms with Gasteiger partial charge in [0.2, 0.25) is 15.2 Å². The van der Waals surface area contributed by atoms with Crippen molar-refractivity contribution in [3.63, 3.8) is 0 Å². The zero-order chi connectivity index (χ0) is 18.7. The van der Waals surface area contributed by atoms with Crippen LogP contribution in [-0.2, 0) is 17.1 Å². The SMILES string of the molecule is Cn1nnnc1Sc1ccc(S(=O)(=O)N2CCCCCC2)cc1[N+](=O)[O-]. The molecule has 1 saturated heterocycles. The van der Waals surface area contributed by atoms with Crippen LogP contribution in [0.3, 0.4) is 0 Å². The van der Waals surface area contributed by atoms with Gasteiger partial charge in [0.15, 0.2) is 0 Å². The van der Waals surface area contributed by atoms with Crippen LogP contribution in [0.15, 0.2) is 33.1 Å². The number of rotatable bonds is 5. The minimum absolute atomic E-state index is 0.0634. The summed E-state index contributed by atoms with van der Waals surface area (Å²) in [4.78, 5) is 11.1. The van der Waals surface area contributed by atoms with Crippen molar-refractivity contribution in [2.45, 2.75) is 40.6 Å². The summed E-state index contributed by atoms with van der Waals surface area (Å²) in [5.41, 5.74) is -0.283. The molecule has 1 fully saturated rings. The second-order valence-electron chi connectivity index (χ2n) is 5.89. The van der Waals surface area contributed by atoms with Gasteiger partial charge >= 0.3 is 0 Å². The van der Waals surface area contributed by atoms with Crippen molar-refractivity contribution in [3.05, 3.63) is 28.3 Å².